The van der Waals surface area contributed by atoms with Gasteiger partial charge in [-0.05, 0) is 56.7 Å². The summed E-state index contributed by atoms with van der Waals surface area (Å²) >= 11 is 1.54. The van der Waals surface area contributed by atoms with Crippen molar-refractivity contribution in [3.05, 3.63) is 40.3 Å². The molecule has 7 nitrogen and oxygen atoms in total. The van der Waals surface area contributed by atoms with Crippen molar-refractivity contribution < 1.29 is 19.1 Å². The molecule has 2 aromatic rings. The molecule has 4 rings (SSSR count). The Morgan fingerprint density at radius 1 is 1.12 bits per heavy atom. The number of carbonyl (C=O) groups excluding carboxylic acids is 2. The number of carbonyl (C=O) groups is 2. The van der Waals surface area contributed by atoms with Crippen molar-refractivity contribution in [2.75, 3.05) is 56.2 Å². The molecular formula is C26H35N3O4S. The molecule has 0 spiro atoms. The van der Waals surface area contributed by atoms with E-state index in [2.05, 4.69) is 28.1 Å². The number of para-hydroxylation sites is 2. The van der Waals surface area contributed by atoms with Gasteiger partial charge in [0.1, 0.15) is 10.8 Å². The van der Waals surface area contributed by atoms with Gasteiger partial charge in [0.25, 0.3) is 0 Å². The molecule has 1 aromatic carbocycles. The lowest BCUT2D eigenvalue weighted by atomic mass is 9.88. The quantitative estimate of drug-likeness (QED) is 0.565. The lowest BCUT2D eigenvalue weighted by Gasteiger charge is -2.36. The summed E-state index contributed by atoms with van der Waals surface area (Å²) in [5.74, 6) is 1.08. The van der Waals surface area contributed by atoms with Crippen LogP contribution in [0.15, 0.2) is 24.3 Å². The van der Waals surface area contributed by atoms with Crippen molar-refractivity contribution >= 4 is 33.9 Å². The van der Waals surface area contributed by atoms with Crippen LogP contribution < -0.4 is 15.0 Å². The third-order valence-corrected chi connectivity index (χ3v) is 7.66. The normalized spacial score (nSPS) is 18.3. The molecule has 2 heterocycles. The Labute approximate surface area is 206 Å². The van der Waals surface area contributed by atoms with Crippen molar-refractivity contribution in [3.8, 4) is 5.75 Å². The summed E-state index contributed by atoms with van der Waals surface area (Å²) in [5.41, 5.74) is 2.74. The fraction of sp³-hybridized carbons (Fsp3) is 0.538. The fourth-order valence-electron chi connectivity index (χ4n) is 4.77. The summed E-state index contributed by atoms with van der Waals surface area (Å²) in [5, 5.41) is 3.69. The number of esters is 1. The van der Waals surface area contributed by atoms with E-state index < -0.39 is 0 Å². The minimum Gasteiger partial charge on any atom is -0.492 e. The average molecular weight is 486 g/mol. The van der Waals surface area contributed by atoms with Gasteiger partial charge in [-0.15, -0.1) is 11.3 Å². The van der Waals surface area contributed by atoms with Crippen molar-refractivity contribution in [1.29, 1.82) is 0 Å². The van der Waals surface area contributed by atoms with Gasteiger partial charge in [0.15, 0.2) is 0 Å². The van der Waals surface area contributed by atoms with Crippen LogP contribution in [0.5, 0.6) is 5.75 Å². The number of fused-ring (bicyclic) bond motifs is 1. The van der Waals surface area contributed by atoms with Crippen LogP contribution in [-0.2, 0) is 22.4 Å². The molecule has 0 radical (unpaired) electrons. The molecule has 0 bridgehead atoms. The average Bonchev–Trinajstić information content (AvgIpc) is 3.17. The van der Waals surface area contributed by atoms with Crippen molar-refractivity contribution in [2.24, 2.45) is 5.92 Å². The van der Waals surface area contributed by atoms with Gasteiger partial charge in [0.05, 0.1) is 31.0 Å². The van der Waals surface area contributed by atoms with Crippen LogP contribution in [0.2, 0.25) is 0 Å². The van der Waals surface area contributed by atoms with Gasteiger partial charge in [-0.1, -0.05) is 19.1 Å². The third-order valence-electron chi connectivity index (χ3n) is 6.49. The van der Waals surface area contributed by atoms with E-state index in [1.165, 1.54) is 4.88 Å². The van der Waals surface area contributed by atoms with Crippen LogP contribution in [0.1, 0.15) is 48.0 Å². The standard InChI is InChI=1S/C26H35N3O4S/c1-4-32-21-9-7-6-8-20(21)29-14-12-28(13-15-29)17-23(30)27-25-24(26(31)33-5-2)19-11-10-18(3)16-22(19)34-25/h6-9,18H,4-5,10-17H2,1-3H3,(H,27,30). The van der Waals surface area contributed by atoms with Crippen LogP contribution in [0, 0.1) is 5.92 Å². The monoisotopic (exact) mass is 485 g/mol. The van der Waals surface area contributed by atoms with Crippen molar-refractivity contribution in [3.63, 3.8) is 0 Å². The minimum absolute atomic E-state index is 0.0830. The Hall–Kier alpha value is -2.58. The number of hydrogen-bond donors (Lipinski definition) is 1. The van der Waals surface area contributed by atoms with Gasteiger partial charge in [0.2, 0.25) is 5.91 Å². The van der Waals surface area contributed by atoms with Gasteiger partial charge in [-0.3, -0.25) is 9.69 Å². The maximum absolute atomic E-state index is 12.9. The number of rotatable bonds is 8. The molecule has 1 atom stereocenters. The zero-order valence-corrected chi connectivity index (χ0v) is 21.2. The molecule has 34 heavy (non-hydrogen) atoms. The highest BCUT2D eigenvalue weighted by Crippen LogP contribution is 2.40. The van der Waals surface area contributed by atoms with Crippen molar-refractivity contribution in [2.45, 2.75) is 40.0 Å². The summed E-state index contributed by atoms with van der Waals surface area (Å²) in [4.78, 5) is 31.3. The SMILES string of the molecule is CCOC(=O)c1c(NC(=O)CN2CCN(c3ccccc3OCC)CC2)sc2c1CCC(C)C2. The summed E-state index contributed by atoms with van der Waals surface area (Å²) in [6.07, 6.45) is 2.87. The van der Waals surface area contributed by atoms with E-state index >= 15 is 0 Å². The summed E-state index contributed by atoms with van der Waals surface area (Å²) in [6.45, 7) is 10.5. The summed E-state index contributed by atoms with van der Waals surface area (Å²) < 4.78 is 11.1. The smallest absolute Gasteiger partial charge is 0.341 e. The van der Waals surface area contributed by atoms with Crippen LogP contribution in [0.4, 0.5) is 10.7 Å². The van der Waals surface area contributed by atoms with E-state index in [1.54, 1.807) is 11.3 Å². The predicted octanol–water partition coefficient (Wildman–Crippen LogP) is 4.21. The second kappa shape index (κ2) is 11.2. The first kappa shape index (κ1) is 24.5. The van der Waals surface area contributed by atoms with E-state index in [0.717, 1.165) is 62.4 Å². The van der Waals surface area contributed by atoms with Crippen molar-refractivity contribution in [1.82, 2.24) is 4.90 Å². The zero-order valence-electron chi connectivity index (χ0n) is 20.4. The predicted molar refractivity (Wildman–Crippen MR) is 136 cm³/mol. The number of nitrogens with zero attached hydrogens (tertiary/aromatic N) is 2. The number of ether oxygens (including phenoxy) is 2. The number of piperazine rings is 1. The van der Waals surface area contributed by atoms with Crippen LogP contribution >= 0.6 is 11.3 Å². The molecule has 1 N–H and O–H groups in total. The fourth-order valence-corrected chi connectivity index (χ4v) is 6.19. The molecule has 1 amide bonds. The van der Waals surface area contributed by atoms with E-state index in [9.17, 15) is 9.59 Å². The Morgan fingerprint density at radius 2 is 1.88 bits per heavy atom. The molecule has 1 aliphatic heterocycles. The Bertz CT molecular complexity index is 1010. The number of amides is 1. The number of thiophene rings is 1. The number of anilines is 2. The molecule has 1 fully saturated rings. The summed E-state index contributed by atoms with van der Waals surface area (Å²) in [7, 11) is 0. The van der Waals surface area contributed by atoms with Gasteiger partial charge < -0.3 is 19.7 Å². The molecule has 0 saturated carbocycles. The van der Waals surface area contributed by atoms with Crippen LogP contribution in [0.3, 0.4) is 0 Å². The van der Waals surface area contributed by atoms with Crippen LogP contribution in [-0.4, -0.2) is 62.7 Å². The first-order valence-electron chi connectivity index (χ1n) is 12.3. The molecule has 1 saturated heterocycles. The first-order valence-corrected chi connectivity index (χ1v) is 13.1. The molecule has 1 aromatic heterocycles. The summed E-state index contributed by atoms with van der Waals surface area (Å²) in [6, 6.07) is 8.10. The maximum atomic E-state index is 12.9. The lowest BCUT2D eigenvalue weighted by Crippen LogP contribution is -2.48. The lowest BCUT2D eigenvalue weighted by molar-refractivity contribution is -0.117. The Kier molecular flexibility index (Phi) is 8.11. The molecule has 2 aliphatic rings. The largest absolute Gasteiger partial charge is 0.492 e. The van der Waals surface area contributed by atoms with Gasteiger partial charge in [0, 0.05) is 31.1 Å². The highest BCUT2D eigenvalue weighted by atomic mass is 32.1. The maximum Gasteiger partial charge on any atom is 0.341 e. The zero-order chi connectivity index (χ0) is 24.1. The van der Waals surface area contributed by atoms with E-state index in [4.69, 9.17) is 9.47 Å². The van der Waals surface area contributed by atoms with Gasteiger partial charge in [-0.25, -0.2) is 4.79 Å². The molecule has 1 aliphatic carbocycles. The molecular weight excluding hydrogens is 450 g/mol. The second-order valence-electron chi connectivity index (χ2n) is 8.99. The Morgan fingerprint density at radius 3 is 2.62 bits per heavy atom. The number of benzene rings is 1. The second-order valence-corrected chi connectivity index (χ2v) is 10.1. The number of hydrogen-bond acceptors (Lipinski definition) is 7. The third kappa shape index (κ3) is 5.55. The van der Waals surface area contributed by atoms with E-state index in [0.29, 0.717) is 36.2 Å². The van der Waals surface area contributed by atoms with Crippen LogP contribution in [0.25, 0.3) is 0 Å². The molecule has 1 unspecified atom stereocenters. The van der Waals surface area contributed by atoms with E-state index in [-0.39, 0.29) is 11.9 Å². The minimum atomic E-state index is -0.327. The molecule has 184 valence electrons. The highest BCUT2D eigenvalue weighted by Gasteiger charge is 2.29. The van der Waals surface area contributed by atoms with Gasteiger partial charge in [-0.2, -0.15) is 0 Å². The topological polar surface area (TPSA) is 71.1 Å². The first-order chi connectivity index (χ1) is 16.5. The molecule has 8 heteroatoms. The highest BCUT2D eigenvalue weighted by molar-refractivity contribution is 7.17. The van der Waals surface area contributed by atoms with Gasteiger partial charge >= 0.3 is 5.97 Å². The number of nitrogens with one attached hydrogen (secondary N) is 1. The van der Waals surface area contributed by atoms with E-state index in [1.807, 2.05) is 32.0 Å². The Balaban J connectivity index is 1.38.